The number of alkyl halides is 6. The Labute approximate surface area is 199 Å². The summed E-state index contributed by atoms with van der Waals surface area (Å²) >= 11 is 0. The third-order valence-corrected chi connectivity index (χ3v) is 6.78. The van der Waals surface area contributed by atoms with E-state index in [9.17, 15) is 46.1 Å². The molecule has 0 saturated heterocycles. The van der Waals surface area contributed by atoms with Crippen molar-refractivity contribution in [3.8, 4) is 0 Å². The van der Waals surface area contributed by atoms with Crippen LogP contribution >= 0.6 is 0 Å². The Morgan fingerprint density at radius 3 is 1.28 bits per heavy atom. The van der Waals surface area contributed by atoms with Crippen LogP contribution in [-0.4, -0.2) is 67.3 Å². The molecule has 2 heterocycles. The second kappa shape index (κ2) is 7.75. The molecule has 0 aromatic heterocycles. The summed E-state index contributed by atoms with van der Waals surface area (Å²) in [5, 5.41) is 28.0. The van der Waals surface area contributed by atoms with Gasteiger partial charge in [0, 0.05) is 35.4 Å². The molecule has 5 rings (SSSR count). The summed E-state index contributed by atoms with van der Waals surface area (Å²) in [5.74, 6) is -3.09. The summed E-state index contributed by atoms with van der Waals surface area (Å²) in [4.78, 5) is 25.7. The lowest BCUT2D eigenvalue weighted by atomic mass is 10.0. The molecule has 2 unspecified atom stereocenters. The summed E-state index contributed by atoms with van der Waals surface area (Å²) < 4.78 is 81.8. The molecule has 36 heavy (non-hydrogen) atoms. The van der Waals surface area contributed by atoms with Gasteiger partial charge in [0.2, 0.25) is 0 Å². The van der Waals surface area contributed by atoms with Crippen LogP contribution in [0.15, 0.2) is 34.5 Å². The first-order valence-electron chi connectivity index (χ1n) is 11.2. The van der Waals surface area contributed by atoms with Crippen LogP contribution in [-0.2, 0) is 0 Å². The van der Waals surface area contributed by atoms with Crippen molar-refractivity contribution >= 4 is 23.2 Å². The van der Waals surface area contributed by atoms with Gasteiger partial charge >= 0.3 is 12.4 Å². The highest BCUT2D eigenvalue weighted by atomic mass is 19.4. The molecule has 8 nitrogen and oxygen atoms in total. The number of rotatable bonds is 4. The van der Waals surface area contributed by atoms with Crippen LogP contribution in [0.5, 0.6) is 0 Å². The molecule has 2 aliphatic heterocycles. The second-order valence-corrected chi connectivity index (χ2v) is 9.52. The first-order valence-corrected chi connectivity index (χ1v) is 11.2. The van der Waals surface area contributed by atoms with Crippen LogP contribution in [0.1, 0.15) is 59.2 Å². The van der Waals surface area contributed by atoms with Gasteiger partial charge in [0.15, 0.2) is 0 Å². The molecule has 0 bridgehead atoms. The third-order valence-electron chi connectivity index (χ3n) is 6.78. The number of carbonyl (C=O) groups excluding carboxylic acids is 2. The maximum atomic E-state index is 13.6. The van der Waals surface area contributed by atoms with E-state index in [0.717, 1.165) is 24.3 Å². The number of hydrogen-bond acceptors (Lipinski definition) is 6. The van der Waals surface area contributed by atoms with E-state index in [2.05, 4.69) is 10.2 Å². The van der Waals surface area contributed by atoms with Crippen molar-refractivity contribution < 1.29 is 46.1 Å². The van der Waals surface area contributed by atoms with Gasteiger partial charge in [-0.2, -0.15) is 46.6 Å². The van der Waals surface area contributed by atoms with Crippen molar-refractivity contribution in [1.29, 1.82) is 0 Å². The van der Waals surface area contributed by atoms with Crippen LogP contribution in [0, 0.1) is 11.8 Å². The lowest BCUT2D eigenvalue weighted by Gasteiger charge is -2.33. The van der Waals surface area contributed by atoms with E-state index >= 15 is 0 Å². The van der Waals surface area contributed by atoms with Crippen LogP contribution in [0.25, 0.3) is 0 Å². The van der Waals surface area contributed by atoms with Crippen molar-refractivity contribution in [1.82, 2.24) is 10.0 Å². The fourth-order valence-electron chi connectivity index (χ4n) is 4.30. The van der Waals surface area contributed by atoms with E-state index < -0.39 is 48.5 Å². The van der Waals surface area contributed by atoms with Gasteiger partial charge in [-0.1, -0.05) is 0 Å². The number of hydrogen-bond donors (Lipinski definition) is 2. The second-order valence-electron chi connectivity index (χ2n) is 9.52. The highest BCUT2D eigenvalue weighted by Gasteiger charge is 2.65. The Balaban J connectivity index is 1.40. The molecule has 0 spiro atoms. The Hall–Kier alpha value is -3.00. The lowest BCUT2D eigenvalue weighted by molar-refractivity contribution is -0.297. The normalized spacial score (nSPS) is 28.9. The van der Waals surface area contributed by atoms with E-state index in [0.29, 0.717) is 25.7 Å². The summed E-state index contributed by atoms with van der Waals surface area (Å²) in [6.45, 7) is 0. The molecule has 1 aromatic carbocycles. The first-order chi connectivity index (χ1) is 16.7. The highest BCUT2D eigenvalue weighted by molar-refractivity contribution is 6.02. The van der Waals surface area contributed by atoms with Gasteiger partial charge in [0.05, 0.1) is 0 Å². The molecule has 2 amide bonds. The summed E-state index contributed by atoms with van der Waals surface area (Å²) in [7, 11) is 0. The molecule has 2 fully saturated rings. The molecule has 2 N–H and O–H groups in total. The zero-order valence-corrected chi connectivity index (χ0v) is 18.5. The highest BCUT2D eigenvalue weighted by Crippen LogP contribution is 2.47. The molecule has 4 aliphatic rings. The fraction of sp³-hybridized carbons (Fsp3) is 0.545. The van der Waals surface area contributed by atoms with Gasteiger partial charge in [-0.15, -0.1) is 0 Å². The SMILES string of the molecule is O=C(c1ccc(C(=O)N2N=C(C3CC3)CC2(O)C(F)(F)F)cc1)N1N=C(C2CC2)CC1(O)C(F)(F)F. The molecular weight excluding hydrogens is 498 g/mol. The van der Waals surface area contributed by atoms with Crippen molar-refractivity contribution in [3.63, 3.8) is 0 Å². The maximum absolute atomic E-state index is 13.6. The number of hydrazone groups is 2. The zero-order chi connectivity index (χ0) is 26.3. The molecular formula is C22H20F6N4O4. The Bertz CT molecular complexity index is 1080. The topological polar surface area (TPSA) is 106 Å². The molecule has 14 heteroatoms. The minimum atomic E-state index is -5.20. The van der Waals surface area contributed by atoms with Crippen molar-refractivity contribution in [3.05, 3.63) is 35.4 Å². The number of aliphatic hydroxyl groups is 2. The van der Waals surface area contributed by atoms with Crippen molar-refractivity contribution in [2.24, 2.45) is 22.0 Å². The molecule has 2 aliphatic carbocycles. The van der Waals surface area contributed by atoms with Crippen molar-refractivity contribution in [2.75, 3.05) is 0 Å². The number of amides is 2. The third kappa shape index (κ3) is 3.86. The van der Waals surface area contributed by atoms with Gasteiger partial charge in [0.1, 0.15) is 0 Å². The number of halogens is 6. The quantitative estimate of drug-likeness (QED) is 0.596. The first kappa shape index (κ1) is 24.7. The summed E-state index contributed by atoms with van der Waals surface area (Å²) in [5.41, 5.74) is -7.74. The van der Waals surface area contributed by atoms with E-state index in [4.69, 9.17) is 0 Å². The van der Waals surface area contributed by atoms with Gasteiger partial charge in [0.25, 0.3) is 23.3 Å². The predicted molar refractivity (Wildman–Crippen MR) is 110 cm³/mol. The Morgan fingerprint density at radius 1 is 0.722 bits per heavy atom. The van der Waals surface area contributed by atoms with Gasteiger partial charge in [-0.3, -0.25) is 9.59 Å². The monoisotopic (exact) mass is 518 g/mol. The average Bonchev–Trinajstić information content (AvgIpc) is 3.72. The van der Waals surface area contributed by atoms with Crippen LogP contribution in [0.2, 0.25) is 0 Å². The number of carbonyl (C=O) groups is 2. The van der Waals surface area contributed by atoms with E-state index in [1.54, 1.807) is 0 Å². The molecule has 0 radical (unpaired) electrons. The van der Waals surface area contributed by atoms with Gasteiger partial charge in [-0.25, -0.2) is 0 Å². The standard InChI is InChI=1S/C22H20F6N4O4/c23-21(24,25)19(35)9-15(11-1-2-11)29-31(19)17(33)13-5-7-14(8-6-13)18(34)32-20(36,22(26,27)28)10-16(30-32)12-3-4-12/h5-8,11-12,35-36H,1-4,9-10H2. The molecule has 2 atom stereocenters. The molecule has 194 valence electrons. The minimum Gasteiger partial charge on any atom is -0.362 e. The maximum Gasteiger partial charge on any atom is 0.438 e. The van der Waals surface area contributed by atoms with Crippen LogP contribution in [0.4, 0.5) is 26.3 Å². The van der Waals surface area contributed by atoms with E-state index in [-0.39, 0.29) is 44.4 Å². The predicted octanol–water partition coefficient (Wildman–Crippen LogP) is 3.41. The minimum absolute atomic E-state index is 0.0352. The van der Waals surface area contributed by atoms with Crippen molar-refractivity contribution in [2.45, 2.75) is 62.3 Å². The van der Waals surface area contributed by atoms with Crippen LogP contribution in [0.3, 0.4) is 0 Å². The number of benzene rings is 1. The smallest absolute Gasteiger partial charge is 0.362 e. The Kier molecular flexibility index (Phi) is 5.31. The lowest BCUT2D eigenvalue weighted by Crippen LogP contribution is -2.57. The largest absolute Gasteiger partial charge is 0.438 e. The van der Waals surface area contributed by atoms with E-state index in [1.807, 2.05) is 0 Å². The Morgan fingerprint density at radius 2 is 1.03 bits per heavy atom. The summed E-state index contributed by atoms with van der Waals surface area (Å²) in [6, 6.07) is 3.74. The molecule has 2 saturated carbocycles. The van der Waals surface area contributed by atoms with E-state index in [1.165, 1.54) is 0 Å². The van der Waals surface area contributed by atoms with Gasteiger partial charge in [-0.05, 0) is 61.8 Å². The van der Waals surface area contributed by atoms with Crippen LogP contribution < -0.4 is 0 Å². The molecule has 1 aromatic rings. The summed E-state index contributed by atoms with van der Waals surface area (Å²) in [6.07, 6.45) is -9.78. The number of nitrogens with zero attached hydrogens (tertiary/aromatic N) is 4. The van der Waals surface area contributed by atoms with Gasteiger partial charge < -0.3 is 10.2 Å². The fourth-order valence-corrected chi connectivity index (χ4v) is 4.30. The average molecular weight is 518 g/mol. The zero-order valence-electron chi connectivity index (χ0n) is 18.5.